The minimum atomic E-state index is 0.621. The van der Waals surface area contributed by atoms with Gasteiger partial charge in [0.15, 0.2) is 0 Å². The molecule has 0 saturated heterocycles. The van der Waals surface area contributed by atoms with Gasteiger partial charge in [-0.05, 0) is 31.5 Å². The lowest BCUT2D eigenvalue weighted by atomic mass is 10.1. The second-order valence-corrected chi connectivity index (χ2v) is 5.07. The summed E-state index contributed by atoms with van der Waals surface area (Å²) in [6, 6.07) is 5.70. The van der Waals surface area contributed by atoms with Crippen LogP contribution in [0.4, 0.5) is 5.69 Å². The average molecular weight is 283 g/mol. The fourth-order valence-electron chi connectivity index (χ4n) is 2.05. The van der Waals surface area contributed by atoms with Crippen molar-refractivity contribution in [2.24, 2.45) is 0 Å². The molecule has 0 spiro atoms. The second-order valence-electron chi connectivity index (χ2n) is 4.22. The lowest BCUT2D eigenvalue weighted by molar-refractivity contribution is 0.890. The Labute approximate surface area is 117 Å². The molecule has 0 fully saturated rings. The van der Waals surface area contributed by atoms with E-state index in [0.29, 0.717) is 10.0 Å². The Morgan fingerprint density at radius 3 is 2.61 bits per heavy atom. The van der Waals surface area contributed by atoms with Crippen LogP contribution in [0, 0.1) is 0 Å². The van der Waals surface area contributed by atoms with Crippen molar-refractivity contribution >= 4 is 39.8 Å². The molecule has 4 heteroatoms. The third kappa shape index (κ3) is 2.70. The van der Waals surface area contributed by atoms with E-state index < -0.39 is 0 Å². The number of aryl methyl sites for hydroxylation is 1. The summed E-state index contributed by atoms with van der Waals surface area (Å²) in [5.74, 6) is 0. The Morgan fingerprint density at radius 1 is 1.17 bits per heavy atom. The van der Waals surface area contributed by atoms with Gasteiger partial charge < -0.3 is 5.32 Å². The first kappa shape index (κ1) is 13.4. The molecule has 0 unspecified atom stereocenters. The van der Waals surface area contributed by atoms with Gasteiger partial charge in [0.05, 0.1) is 10.5 Å². The van der Waals surface area contributed by atoms with Crippen LogP contribution in [0.2, 0.25) is 10.0 Å². The number of hydrogen-bond acceptors (Lipinski definition) is 2. The zero-order valence-corrected chi connectivity index (χ0v) is 12.1. The van der Waals surface area contributed by atoms with Crippen LogP contribution >= 0.6 is 23.2 Å². The lowest BCUT2D eigenvalue weighted by Gasteiger charge is -2.12. The first-order valence-corrected chi connectivity index (χ1v) is 6.93. The van der Waals surface area contributed by atoms with E-state index in [9.17, 15) is 0 Å². The lowest BCUT2D eigenvalue weighted by Crippen LogP contribution is -2.01. The molecule has 1 N–H and O–H groups in total. The SMILES string of the molecule is CCCc1cc(NCC)c2c(Cl)cc(Cl)cc2n1. The number of anilines is 1. The molecule has 2 aromatic rings. The summed E-state index contributed by atoms with van der Waals surface area (Å²) in [7, 11) is 0. The molecule has 2 nitrogen and oxygen atoms in total. The van der Waals surface area contributed by atoms with Gasteiger partial charge in [0.1, 0.15) is 0 Å². The van der Waals surface area contributed by atoms with Crippen molar-refractivity contribution in [1.29, 1.82) is 0 Å². The van der Waals surface area contributed by atoms with Crippen LogP contribution in [0.25, 0.3) is 10.9 Å². The van der Waals surface area contributed by atoms with Crippen molar-refractivity contribution in [1.82, 2.24) is 4.98 Å². The van der Waals surface area contributed by atoms with Gasteiger partial charge in [-0.25, -0.2) is 0 Å². The minimum Gasteiger partial charge on any atom is -0.385 e. The highest BCUT2D eigenvalue weighted by Gasteiger charge is 2.10. The molecule has 0 bridgehead atoms. The molecule has 1 aromatic heterocycles. The molecule has 0 amide bonds. The predicted octanol–water partition coefficient (Wildman–Crippen LogP) is 4.93. The predicted molar refractivity (Wildman–Crippen MR) is 79.9 cm³/mol. The minimum absolute atomic E-state index is 0.621. The van der Waals surface area contributed by atoms with Crippen LogP contribution in [-0.4, -0.2) is 11.5 Å². The van der Waals surface area contributed by atoms with Gasteiger partial charge in [0.25, 0.3) is 0 Å². The number of rotatable bonds is 4. The van der Waals surface area contributed by atoms with Crippen LogP contribution in [0.1, 0.15) is 26.0 Å². The highest BCUT2D eigenvalue weighted by molar-refractivity contribution is 6.39. The van der Waals surface area contributed by atoms with Gasteiger partial charge in [-0.2, -0.15) is 0 Å². The van der Waals surface area contributed by atoms with Crippen molar-refractivity contribution in [2.45, 2.75) is 26.7 Å². The van der Waals surface area contributed by atoms with Crippen molar-refractivity contribution in [3.05, 3.63) is 33.9 Å². The van der Waals surface area contributed by atoms with Crippen LogP contribution in [0.3, 0.4) is 0 Å². The summed E-state index contributed by atoms with van der Waals surface area (Å²) in [4.78, 5) is 4.62. The molecule has 96 valence electrons. The molecule has 18 heavy (non-hydrogen) atoms. The number of benzene rings is 1. The van der Waals surface area contributed by atoms with Gasteiger partial charge in [0.2, 0.25) is 0 Å². The van der Waals surface area contributed by atoms with Gasteiger partial charge in [-0.1, -0.05) is 36.5 Å². The third-order valence-electron chi connectivity index (χ3n) is 2.75. The molecule has 0 atom stereocenters. The number of halogens is 2. The molecule has 0 radical (unpaired) electrons. The fraction of sp³-hybridized carbons (Fsp3) is 0.357. The van der Waals surface area contributed by atoms with Crippen LogP contribution in [0.5, 0.6) is 0 Å². The Bertz CT molecular complexity index is 567. The van der Waals surface area contributed by atoms with Crippen molar-refractivity contribution < 1.29 is 0 Å². The van der Waals surface area contributed by atoms with Crippen molar-refractivity contribution in [2.75, 3.05) is 11.9 Å². The molecule has 0 aliphatic heterocycles. The van der Waals surface area contributed by atoms with E-state index in [1.54, 1.807) is 6.07 Å². The maximum atomic E-state index is 6.27. The summed E-state index contributed by atoms with van der Waals surface area (Å²) in [6.07, 6.45) is 2.02. The smallest absolute Gasteiger partial charge is 0.0755 e. The Balaban J connectivity index is 2.68. The average Bonchev–Trinajstić information content (AvgIpc) is 2.28. The van der Waals surface area contributed by atoms with E-state index in [1.165, 1.54) is 0 Å². The largest absolute Gasteiger partial charge is 0.385 e. The zero-order valence-electron chi connectivity index (χ0n) is 10.6. The van der Waals surface area contributed by atoms with E-state index in [4.69, 9.17) is 23.2 Å². The van der Waals surface area contributed by atoms with E-state index in [-0.39, 0.29) is 0 Å². The summed E-state index contributed by atoms with van der Waals surface area (Å²) in [5, 5.41) is 5.55. The molecule has 1 aromatic carbocycles. The monoisotopic (exact) mass is 282 g/mol. The quantitative estimate of drug-likeness (QED) is 0.860. The summed E-state index contributed by atoms with van der Waals surface area (Å²) in [5.41, 5.74) is 2.96. The standard InChI is InChI=1S/C14H16Cl2N2/c1-3-5-10-8-12(17-4-2)14-11(16)6-9(15)7-13(14)18-10/h6-8H,3-5H2,1-2H3,(H,17,18). The normalized spacial score (nSPS) is 10.9. The number of pyridine rings is 1. The maximum Gasteiger partial charge on any atom is 0.0755 e. The van der Waals surface area contributed by atoms with E-state index in [2.05, 4.69) is 30.2 Å². The molecule has 0 saturated carbocycles. The molecule has 0 aliphatic carbocycles. The Hall–Kier alpha value is -0.990. The van der Waals surface area contributed by atoms with Crippen LogP contribution in [-0.2, 0) is 6.42 Å². The van der Waals surface area contributed by atoms with E-state index >= 15 is 0 Å². The number of nitrogens with zero attached hydrogens (tertiary/aromatic N) is 1. The Kier molecular flexibility index (Phi) is 4.31. The highest BCUT2D eigenvalue weighted by atomic mass is 35.5. The summed E-state index contributed by atoms with van der Waals surface area (Å²) < 4.78 is 0. The molecule has 2 rings (SSSR count). The number of fused-ring (bicyclic) bond motifs is 1. The van der Waals surface area contributed by atoms with Crippen LogP contribution in [0.15, 0.2) is 18.2 Å². The summed E-state index contributed by atoms with van der Waals surface area (Å²) >= 11 is 12.3. The number of aromatic nitrogens is 1. The van der Waals surface area contributed by atoms with Crippen LogP contribution < -0.4 is 5.32 Å². The maximum absolute atomic E-state index is 6.27. The molecule has 1 heterocycles. The Morgan fingerprint density at radius 2 is 1.94 bits per heavy atom. The zero-order chi connectivity index (χ0) is 13.1. The molecular weight excluding hydrogens is 267 g/mol. The van der Waals surface area contributed by atoms with E-state index in [0.717, 1.165) is 41.7 Å². The van der Waals surface area contributed by atoms with Crippen molar-refractivity contribution in [3.8, 4) is 0 Å². The number of nitrogens with one attached hydrogen (secondary N) is 1. The van der Waals surface area contributed by atoms with Crippen molar-refractivity contribution in [3.63, 3.8) is 0 Å². The molecular formula is C14H16Cl2N2. The van der Waals surface area contributed by atoms with Gasteiger partial charge in [0, 0.05) is 28.3 Å². The molecule has 0 aliphatic rings. The first-order valence-electron chi connectivity index (χ1n) is 6.18. The van der Waals surface area contributed by atoms with E-state index in [1.807, 2.05) is 6.07 Å². The summed E-state index contributed by atoms with van der Waals surface area (Å²) in [6.45, 7) is 5.06. The number of hydrogen-bond donors (Lipinski definition) is 1. The highest BCUT2D eigenvalue weighted by Crippen LogP contribution is 2.33. The second kappa shape index (κ2) is 5.77. The topological polar surface area (TPSA) is 24.9 Å². The van der Waals surface area contributed by atoms with Gasteiger partial charge in [-0.3, -0.25) is 4.98 Å². The first-order chi connectivity index (χ1) is 8.65. The van der Waals surface area contributed by atoms with Gasteiger partial charge in [-0.15, -0.1) is 0 Å². The third-order valence-corrected chi connectivity index (χ3v) is 3.27. The van der Waals surface area contributed by atoms with Gasteiger partial charge >= 0.3 is 0 Å². The fourth-order valence-corrected chi connectivity index (χ4v) is 2.64.